The van der Waals surface area contributed by atoms with Gasteiger partial charge in [-0.1, -0.05) is 17.7 Å². The Morgan fingerprint density at radius 3 is 2.56 bits per heavy atom. The minimum atomic E-state index is 0.260. The molecule has 2 aromatic heterocycles. The molecule has 2 fully saturated rings. The van der Waals surface area contributed by atoms with Crippen LogP contribution >= 0.6 is 0 Å². The van der Waals surface area contributed by atoms with Crippen LogP contribution in [0, 0.1) is 19.8 Å². The van der Waals surface area contributed by atoms with E-state index in [0.717, 1.165) is 73.7 Å². The number of hydrogen-bond donors (Lipinski definition) is 0. The highest BCUT2D eigenvalue weighted by Gasteiger charge is 2.34. The molecule has 1 aromatic carbocycles. The van der Waals surface area contributed by atoms with E-state index in [-0.39, 0.29) is 5.92 Å². The molecule has 168 valence electrons. The molecule has 0 N–H and O–H groups in total. The predicted molar refractivity (Wildman–Crippen MR) is 123 cm³/mol. The summed E-state index contributed by atoms with van der Waals surface area (Å²) in [6.07, 6.45) is 3.02. The molecule has 8 heteroatoms. The van der Waals surface area contributed by atoms with Crippen LogP contribution in [0.5, 0.6) is 0 Å². The highest BCUT2D eigenvalue weighted by molar-refractivity contribution is 5.91. The van der Waals surface area contributed by atoms with Crippen molar-refractivity contribution in [3.8, 4) is 5.69 Å². The first kappa shape index (κ1) is 20.9. The topological polar surface area (TPSA) is 76.4 Å². The lowest BCUT2D eigenvalue weighted by molar-refractivity contribution is -0.132. The zero-order valence-electron chi connectivity index (χ0n) is 19.0. The van der Waals surface area contributed by atoms with Gasteiger partial charge in [0.15, 0.2) is 11.5 Å². The average molecular weight is 435 g/mol. The number of ether oxygens (including phenoxy) is 1. The summed E-state index contributed by atoms with van der Waals surface area (Å²) >= 11 is 0. The van der Waals surface area contributed by atoms with Crippen molar-refractivity contribution in [1.29, 1.82) is 0 Å². The van der Waals surface area contributed by atoms with Crippen molar-refractivity contribution >= 4 is 22.8 Å². The molecule has 32 heavy (non-hydrogen) atoms. The van der Waals surface area contributed by atoms with E-state index in [1.165, 1.54) is 5.56 Å². The number of carbonyl (C=O) groups excluding carboxylic acids is 1. The zero-order valence-corrected chi connectivity index (χ0v) is 19.0. The summed E-state index contributed by atoms with van der Waals surface area (Å²) in [7, 11) is 1.66. The maximum absolute atomic E-state index is 12.6. The fourth-order valence-corrected chi connectivity index (χ4v) is 4.43. The lowest BCUT2D eigenvalue weighted by Crippen LogP contribution is -2.36. The number of nitrogens with zero attached hydrogens (tertiary/aromatic N) is 6. The van der Waals surface area contributed by atoms with Crippen LogP contribution in [-0.4, -0.2) is 63.8 Å². The number of carbonyl (C=O) groups is 1. The van der Waals surface area contributed by atoms with Gasteiger partial charge in [-0.3, -0.25) is 4.79 Å². The van der Waals surface area contributed by atoms with Gasteiger partial charge in [0.25, 0.3) is 0 Å². The molecule has 1 saturated carbocycles. The van der Waals surface area contributed by atoms with Crippen molar-refractivity contribution in [2.24, 2.45) is 5.92 Å². The van der Waals surface area contributed by atoms with Crippen LogP contribution in [0.3, 0.4) is 0 Å². The van der Waals surface area contributed by atoms with E-state index < -0.39 is 0 Å². The first-order valence-electron chi connectivity index (χ1n) is 11.4. The zero-order chi connectivity index (χ0) is 22.2. The minimum Gasteiger partial charge on any atom is -0.377 e. The number of aromatic nitrogens is 4. The molecule has 0 unspecified atom stereocenters. The monoisotopic (exact) mass is 434 g/mol. The molecule has 5 rings (SSSR count). The van der Waals surface area contributed by atoms with Gasteiger partial charge in [-0.05, 0) is 45.2 Å². The van der Waals surface area contributed by atoms with Gasteiger partial charge >= 0.3 is 0 Å². The number of fused-ring (bicyclic) bond motifs is 1. The maximum atomic E-state index is 12.6. The molecule has 0 atom stereocenters. The van der Waals surface area contributed by atoms with Crippen LogP contribution < -0.4 is 4.90 Å². The van der Waals surface area contributed by atoms with E-state index in [9.17, 15) is 4.79 Å². The fourth-order valence-electron chi connectivity index (χ4n) is 4.43. The van der Waals surface area contributed by atoms with Crippen LogP contribution in [0.2, 0.25) is 0 Å². The largest absolute Gasteiger partial charge is 0.377 e. The van der Waals surface area contributed by atoms with E-state index in [0.29, 0.717) is 18.3 Å². The summed E-state index contributed by atoms with van der Waals surface area (Å²) < 4.78 is 7.27. The molecule has 3 heterocycles. The summed E-state index contributed by atoms with van der Waals surface area (Å²) in [6, 6.07) is 8.28. The summed E-state index contributed by atoms with van der Waals surface area (Å²) in [4.78, 5) is 26.6. The van der Waals surface area contributed by atoms with E-state index in [4.69, 9.17) is 19.8 Å². The van der Waals surface area contributed by atoms with E-state index >= 15 is 0 Å². The minimum absolute atomic E-state index is 0.260. The number of benzene rings is 1. The Morgan fingerprint density at radius 1 is 1.06 bits per heavy atom. The highest BCUT2D eigenvalue weighted by atomic mass is 16.5. The van der Waals surface area contributed by atoms with Gasteiger partial charge in [-0.15, -0.1) is 0 Å². The maximum Gasteiger partial charge on any atom is 0.225 e. The third-order valence-electron chi connectivity index (χ3n) is 6.32. The molecular formula is C24H30N6O2. The molecule has 1 saturated heterocycles. The lowest BCUT2D eigenvalue weighted by Gasteiger charge is -2.24. The molecule has 1 aliphatic heterocycles. The Morgan fingerprint density at radius 2 is 1.84 bits per heavy atom. The third kappa shape index (κ3) is 3.95. The van der Waals surface area contributed by atoms with E-state index in [2.05, 4.69) is 36.1 Å². The van der Waals surface area contributed by atoms with Crippen LogP contribution in [0.25, 0.3) is 16.7 Å². The molecule has 8 nitrogen and oxygen atoms in total. The van der Waals surface area contributed by atoms with Crippen molar-refractivity contribution in [2.45, 2.75) is 39.7 Å². The summed E-state index contributed by atoms with van der Waals surface area (Å²) in [5.41, 5.74) is 3.86. The summed E-state index contributed by atoms with van der Waals surface area (Å²) in [5, 5.41) is 5.79. The standard InChI is InChI=1S/C24H30N6O2/c1-16-5-9-19(10-6-16)30-23-21(17(2)27-30)22(25-20(26-23)15-32-3)28-11-4-12-29(14-13-28)24(31)18-7-8-18/h5-6,9-10,18H,4,7-8,11-15H2,1-3H3. The van der Waals surface area contributed by atoms with Crippen LogP contribution in [0.4, 0.5) is 5.82 Å². The molecule has 3 aromatic rings. The number of rotatable bonds is 5. The normalized spacial score (nSPS) is 17.1. The summed E-state index contributed by atoms with van der Waals surface area (Å²) in [6.45, 7) is 7.56. The van der Waals surface area contributed by atoms with E-state index in [1.54, 1.807) is 7.11 Å². The second kappa shape index (κ2) is 8.50. The van der Waals surface area contributed by atoms with Crippen molar-refractivity contribution in [3.63, 3.8) is 0 Å². The first-order valence-corrected chi connectivity index (χ1v) is 11.4. The molecule has 0 spiro atoms. The van der Waals surface area contributed by atoms with E-state index in [1.807, 2.05) is 16.5 Å². The Labute approximate surface area is 188 Å². The third-order valence-corrected chi connectivity index (χ3v) is 6.32. The van der Waals surface area contributed by atoms with Crippen molar-refractivity contribution in [2.75, 3.05) is 38.2 Å². The van der Waals surface area contributed by atoms with Gasteiger partial charge in [0, 0.05) is 39.2 Å². The van der Waals surface area contributed by atoms with Crippen molar-refractivity contribution < 1.29 is 9.53 Å². The number of amides is 1. The fraction of sp³-hybridized carbons (Fsp3) is 0.500. The Hall–Kier alpha value is -3.00. The second-order valence-electron chi connectivity index (χ2n) is 8.87. The van der Waals surface area contributed by atoms with Crippen LogP contribution in [0.15, 0.2) is 24.3 Å². The number of hydrogen-bond acceptors (Lipinski definition) is 6. The number of methoxy groups -OCH3 is 1. The van der Waals surface area contributed by atoms with Gasteiger partial charge in [-0.25, -0.2) is 14.6 Å². The van der Waals surface area contributed by atoms with Crippen LogP contribution in [-0.2, 0) is 16.1 Å². The number of anilines is 1. The highest BCUT2D eigenvalue weighted by Crippen LogP contribution is 2.33. The molecule has 1 aliphatic carbocycles. The average Bonchev–Trinajstić information content (AvgIpc) is 3.61. The predicted octanol–water partition coefficient (Wildman–Crippen LogP) is 3.03. The quantitative estimate of drug-likeness (QED) is 0.614. The smallest absolute Gasteiger partial charge is 0.225 e. The number of aryl methyl sites for hydroxylation is 2. The van der Waals surface area contributed by atoms with Gasteiger partial charge in [0.1, 0.15) is 12.4 Å². The van der Waals surface area contributed by atoms with Crippen molar-refractivity contribution in [1.82, 2.24) is 24.6 Å². The van der Waals surface area contributed by atoms with Crippen molar-refractivity contribution in [3.05, 3.63) is 41.3 Å². The molecule has 2 aliphatic rings. The van der Waals surface area contributed by atoms with Gasteiger partial charge in [0.05, 0.1) is 16.8 Å². The Bertz CT molecular complexity index is 1140. The van der Waals surface area contributed by atoms with Gasteiger partial charge in [0.2, 0.25) is 5.91 Å². The Kier molecular flexibility index (Phi) is 5.55. The van der Waals surface area contributed by atoms with Crippen LogP contribution in [0.1, 0.15) is 36.3 Å². The molecule has 1 amide bonds. The molecule has 0 bridgehead atoms. The first-order chi connectivity index (χ1) is 15.5. The molecular weight excluding hydrogens is 404 g/mol. The second-order valence-corrected chi connectivity index (χ2v) is 8.87. The SMILES string of the molecule is COCc1nc(N2CCCN(C(=O)C3CC3)CC2)c2c(C)nn(-c3ccc(C)cc3)c2n1. The lowest BCUT2D eigenvalue weighted by atomic mass is 10.2. The molecule has 0 radical (unpaired) electrons. The Balaban J connectivity index is 1.54. The van der Waals surface area contributed by atoms with Gasteiger partial charge in [-0.2, -0.15) is 5.10 Å². The van der Waals surface area contributed by atoms with Gasteiger partial charge < -0.3 is 14.5 Å². The summed E-state index contributed by atoms with van der Waals surface area (Å²) in [5.74, 6) is 2.11.